The van der Waals surface area contributed by atoms with E-state index in [1.807, 2.05) is 0 Å². The number of thioether (sulfide) groups is 1. The number of hydrogen-bond donors (Lipinski definition) is 1. The van der Waals surface area contributed by atoms with Crippen LogP contribution in [0.4, 0.5) is 0 Å². The first-order valence-corrected chi connectivity index (χ1v) is 7.57. The maximum atomic E-state index is 5.66. The lowest BCUT2D eigenvalue weighted by Gasteiger charge is -2.39. The van der Waals surface area contributed by atoms with Crippen molar-refractivity contribution in [3.63, 3.8) is 0 Å². The van der Waals surface area contributed by atoms with E-state index in [0.29, 0.717) is 0 Å². The van der Waals surface area contributed by atoms with Crippen LogP contribution in [0.1, 0.15) is 32.1 Å². The molecule has 15 heavy (non-hydrogen) atoms. The molecule has 0 aromatic heterocycles. The molecule has 1 atom stereocenters. The molecule has 0 bridgehead atoms. The van der Waals surface area contributed by atoms with Gasteiger partial charge in [0.1, 0.15) is 0 Å². The van der Waals surface area contributed by atoms with E-state index in [0.717, 1.165) is 18.5 Å². The van der Waals surface area contributed by atoms with Gasteiger partial charge in [0.2, 0.25) is 0 Å². The minimum absolute atomic E-state index is 0.874. The fourth-order valence-electron chi connectivity index (χ4n) is 2.95. The predicted octanol–water partition coefficient (Wildman–Crippen LogP) is 1.94. The van der Waals surface area contributed by atoms with Gasteiger partial charge in [-0.3, -0.25) is 0 Å². The zero-order valence-corrected chi connectivity index (χ0v) is 10.5. The third-order valence-electron chi connectivity index (χ3n) is 3.83. The Hall–Kier alpha value is 0.270. The standard InChI is InChI=1S/C12H24N2S/c13-6-3-11-2-1-7-14(10-11)12-4-8-15-9-5-12/h11-12H,1-10,13H2. The Morgan fingerprint density at radius 3 is 2.73 bits per heavy atom. The third-order valence-corrected chi connectivity index (χ3v) is 4.88. The molecule has 3 heteroatoms. The summed E-state index contributed by atoms with van der Waals surface area (Å²) >= 11 is 2.13. The zero-order valence-electron chi connectivity index (χ0n) is 9.66. The molecule has 2 nitrogen and oxygen atoms in total. The van der Waals surface area contributed by atoms with Crippen LogP contribution < -0.4 is 5.73 Å². The normalized spacial score (nSPS) is 30.6. The summed E-state index contributed by atoms with van der Waals surface area (Å²) in [6, 6.07) is 0.895. The van der Waals surface area contributed by atoms with Crippen LogP contribution in [0.2, 0.25) is 0 Å². The van der Waals surface area contributed by atoms with Crippen LogP contribution in [0.5, 0.6) is 0 Å². The molecule has 2 aliphatic heterocycles. The number of piperidine rings is 1. The zero-order chi connectivity index (χ0) is 10.5. The molecule has 0 saturated carbocycles. The first kappa shape index (κ1) is 11.7. The van der Waals surface area contributed by atoms with E-state index in [-0.39, 0.29) is 0 Å². The van der Waals surface area contributed by atoms with Crippen molar-refractivity contribution >= 4 is 11.8 Å². The van der Waals surface area contributed by atoms with Gasteiger partial charge in [-0.2, -0.15) is 11.8 Å². The smallest absolute Gasteiger partial charge is 0.0111 e. The van der Waals surface area contributed by atoms with Gasteiger partial charge < -0.3 is 10.6 Å². The average Bonchev–Trinajstić information content (AvgIpc) is 2.31. The molecule has 1 unspecified atom stereocenters. The lowest BCUT2D eigenvalue weighted by atomic mass is 9.93. The van der Waals surface area contributed by atoms with Crippen LogP contribution >= 0.6 is 11.8 Å². The van der Waals surface area contributed by atoms with Gasteiger partial charge in [0, 0.05) is 12.6 Å². The average molecular weight is 228 g/mol. The number of nitrogens with zero attached hydrogens (tertiary/aromatic N) is 1. The molecular formula is C12H24N2S. The van der Waals surface area contributed by atoms with Gasteiger partial charge in [-0.25, -0.2) is 0 Å². The Bertz CT molecular complexity index is 178. The van der Waals surface area contributed by atoms with Crippen LogP contribution in [-0.4, -0.2) is 42.1 Å². The quantitative estimate of drug-likeness (QED) is 0.800. The molecule has 2 rings (SSSR count). The van der Waals surface area contributed by atoms with E-state index in [2.05, 4.69) is 16.7 Å². The van der Waals surface area contributed by atoms with Crippen LogP contribution in [-0.2, 0) is 0 Å². The molecule has 0 radical (unpaired) electrons. The lowest BCUT2D eigenvalue weighted by molar-refractivity contribution is 0.114. The molecule has 0 spiro atoms. The molecular weight excluding hydrogens is 204 g/mol. The first-order valence-electron chi connectivity index (χ1n) is 6.42. The summed E-state index contributed by atoms with van der Waals surface area (Å²) in [6.45, 7) is 3.54. The van der Waals surface area contributed by atoms with Crippen molar-refractivity contribution < 1.29 is 0 Å². The molecule has 2 N–H and O–H groups in total. The molecule has 0 amide bonds. The monoisotopic (exact) mass is 228 g/mol. The molecule has 2 heterocycles. The second kappa shape index (κ2) is 6.12. The summed E-state index contributed by atoms with van der Waals surface area (Å²) in [6.07, 6.45) is 6.88. The van der Waals surface area contributed by atoms with E-state index in [1.165, 1.54) is 56.7 Å². The van der Waals surface area contributed by atoms with Crippen molar-refractivity contribution in [3.05, 3.63) is 0 Å². The van der Waals surface area contributed by atoms with Crippen molar-refractivity contribution in [1.29, 1.82) is 0 Å². The minimum Gasteiger partial charge on any atom is -0.330 e. The Balaban J connectivity index is 1.80. The highest BCUT2D eigenvalue weighted by atomic mass is 32.2. The fourth-order valence-corrected chi connectivity index (χ4v) is 4.03. The maximum Gasteiger partial charge on any atom is 0.0111 e. The molecule has 0 aromatic carbocycles. The Kier molecular flexibility index (Phi) is 4.79. The lowest BCUT2D eigenvalue weighted by Crippen LogP contribution is -2.44. The summed E-state index contributed by atoms with van der Waals surface area (Å²) in [7, 11) is 0. The van der Waals surface area contributed by atoms with E-state index in [1.54, 1.807) is 0 Å². The molecule has 2 saturated heterocycles. The third kappa shape index (κ3) is 3.36. The van der Waals surface area contributed by atoms with Crippen molar-refractivity contribution in [2.75, 3.05) is 31.1 Å². The molecule has 0 aromatic rings. The van der Waals surface area contributed by atoms with E-state index >= 15 is 0 Å². The molecule has 2 aliphatic rings. The summed E-state index contributed by atoms with van der Waals surface area (Å²) in [5, 5.41) is 0. The van der Waals surface area contributed by atoms with Gasteiger partial charge in [0.15, 0.2) is 0 Å². The summed E-state index contributed by atoms with van der Waals surface area (Å²) in [5.74, 6) is 3.64. The van der Waals surface area contributed by atoms with Gasteiger partial charge in [0.25, 0.3) is 0 Å². The second-order valence-corrected chi connectivity index (χ2v) is 6.15. The van der Waals surface area contributed by atoms with Crippen molar-refractivity contribution in [2.24, 2.45) is 11.7 Å². The highest BCUT2D eigenvalue weighted by Crippen LogP contribution is 2.27. The Labute approximate surface area is 98.0 Å². The van der Waals surface area contributed by atoms with Gasteiger partial charge in [-0.05, 0) is 62.6 Å². The second-order valence-electron chi connectivity index (χ2n) is 4.92. The van der Waals surface area contributed by atoms with Crippen LogP contribution in [0.3, 0.4) is 0 Å². The highest BCUT2D eigenvalue weighted by molar-refractivity contribution is 7.99. The van der Waals surface area contributed by atoms with E-state index in [9.17, 15) is 0 Å². The van der Waals surface area contributed by atoms with E-state index in [4.69, 9.17) is 5.73 Å². The predicted molar refractivity (Wildman–Crippen MR) is 68.3 cm³/mol. The number of nitrogens with two attached hydrogens (primary N) is 1. The molecule has 88 valence electrons. The van der Waals surface area contributed by atoms with Crippen LogP contribution in [0.15, 0.2) is 0 Å². The van der Waals surface area contributed by atoms with Crippen LogP contribution in [0.25, 0.3) is 0 Å². The van der Waals surface area contributed by atoms with Crippen molar-refractivity contribution in [3.8, 4) is 0 Å². The highest BCUT2D eigenvalue weighted by Gasteiger charge is 2.26. The Morgan fingerprint density at radius 1 is 1.20 bits per heavy atom. The molecule has 2 fully saturated rings. The van der Waals surface area contributed by atoms with Crippen molar-refractivity contribution in [1.82, 2.24) is 4.90 Å². The van der Waals surface area contributed by atoms with Crippen LogP contribution in [0, 0.1) is 5.92 Å². The minimum atomic E-state index is 0.874. The number of likely N-dealkylation sites (tertiary alicyclic amines) is 1. The molecule has 0 aliphatic carbocycles. The van der Waals surface area contributed by atoms with Gasteiger partial charge in [-0.1, -0.05) is 0 Å². The first-order chi connectivity index (χ1) is 7.40. The largest absolute Gasteiger partial charge is 0.330 e. The number of rotatable bonds is 3. The topological polar surface area (TPSA) is 29.3 Å². The van der Waals surface area contributed by atoms with Gasteiger partial charge >= 0.3 is 0 Å². The maximum absolute atomic E-state index is 5.66. The number of hydrogen-bond acceptors (Lipinski definition) is 3. The SMILES string of the molecule is NCCC1CCCN(C2CCSCC2)C1. The summed E-state index contributed by atoms with van der Waals surface area (Å²) < 4.78 is 0. The fraction of sp³-hybridized carbons (Fsp3) is 1.00. The summed E-state index contributed by atoms with van der Waals surface area (Å²) in [4.78, 5) is 2.75. The Morgan fingerprint density at radius 2 is 2.00 bits per heavy atom. The van der Waals surface area contributed by atoms with Gasteiger partial charge in [-0.15, -0.1) is 0 Å². The van der Waals surface area contributed by atoms with Crippen molar-refractivity contribution in [2.45, 2.75) is 38.1 Å². The summed E-state index contributed by atoms with van der Waals surface area (Å²) in [5.41, 5.74) is 5.66. The van der Waals surface area contributed by atoms with Gasteiger partial charge in [0.05, 0.1) is 0 Å². The van der Waals surface area contributed by atoms with E-state index < -0.39 is 0 Å².